The Morgan fingerprint density at radius 3 is 2.67 bits per heavy atom. The van der Waals surface area contributed by atoms with Crippen molar-refractivity contribution in [3.05, 3.63) is 71.4 Å². The largest absolute Gasteiger partial charge is 0.507 e. The van der Waals surface area contributed by atoms with Crippen LogP contribution in [-0.2, 0) is 17.6 Å². The van der Waals surface area contributed by atoms with Crippen LogP contribution in [0.3, 0.4) is 0 Å². The number of carbonyl (C=O) groups is 1. The monoisotopic (exact) mass is 418 g/mol. The van der Waals surface area contributed by atoms with E-state index in [0.717, 1.165) is 47.5 Å². The number of aromatic hydroxyl groups is 1. The molecule has 0 unspecified atom stereocenters. The van der Waals surface area contributed by atoms with Gasteiger partial charge in [-0.1, -0.05) is 54.2 Å². The summed E-state index contributed by atoms with van der Waals surface area (Å²) < 4.78 is 0. The molecule has 1 aromatic heterocycles. The molecule has 0 saturated heterocycles. The van der Waals surface area contributed by atoms with Crippen LogP contribution in [-0.4, -0.2) is 32.9 Å². The van der Waals surface area contributed by atoms with Crippen molar-refractivity contribution in [2.24, 2.45) is 5.10 Å². The van der Waals surface area contributed by atoms with Crippen molar-refractivity contribution in [1.82, 2.24) is 15.4 Å². The number of rotatable bonds is 6. The second-order valence-electron chi connectivity index (χ2n) is 6.99. The molecular formula is C23H22N4O2S. The summed E-state index contributed by atoms with van der Waals surface area (Å²) in [5, 5.41) is 14.5. The lowest BCUT2D eigenvalue weighted by Gasteiger charge is -2.18. The number of fused-ring (bicyclic) bond motifs is 1. The number of phenolic OH excluding ortho intramolecular Hbond substituents is 1. The second kappa shape index (κ2) is 9.54. The smallest absolute Gasteiger partial charge is 0.250 e. The Hall–Kier alpha value is -3.19. The maximum Gasteiger partial charge on any atom is 0.250 e. The molecule has 2 aromatic carbocycles. The zero-order valence-electron chi connectivity index (χ0n) is 16.4. The molecule has 0 atom stereocenters. The topological polar surface area (TPSA) is 87.5 Å². The average molecular weight is 419 g/mol. The van der Waals surface area contributed by atoms with Crippen LogP contribution in [0.2, 0.25) is 0 Å². The fraction of sp³-hybridized carbons (Fsp3) is 0.217. The van der Waals surface area contributed by atoms with Crippen molar-refractivity contribution in [2.75, 3.05) is 5.75 Å². The van der Waals surface area contributed by atoms with Gasteiger partial charge in [-0.15, -0.1) is 0 Å². The molecule has 6 nitrogen and oxygen atoms in total. The van der Waals surface area contributed by atoms with Crippen molar-refractivity contribution in [1.29, 1.82) is 0 Å². The van der Waals surface area contributed by atoms with Crippen LogP contribution in [0.15, 0.2) is 64.7 Å². The maximum atomic E-state index is 12.3. The molecule has 0 radical (unpaired) electrons. The molecule has 4 rings (SSSR count). The molecule has 152 valence electrons. The minimum absolute atomic E-state index is 0.117. The third kappa shape index (κ3) is 4.86. The molecule has 30 heavy (non-hydrogen) atoms. The van der Waals surface area contributed by atoms with Crippen LogP contribution in [0.5, 0.6) is 5.75 Å². The summed E-state index contributed by atoms with van der Waals surface area (Å²) in [6, 6.07) is 16.7. The number of hydrogen-bond donors (Lipinski definition) is 2. The van der Waals surface area contributed by atoms with Gasteiger partial charge in [-0.25, -0.2) is 15.4 Å². The molecule has 0 spiro atoms. The summed E-state index contributed by atoms with van der Waals surface area (Å²) in [4.78, 5) is 21.8. The van der Waals surface area contributed by atoms with E-state index in [9.17, 15) is 9.90 Å². The maximum absolute atomic E-state index is 12.3. The number of benzene rings is 2. The van der Waals surface area contributed by atoms with Gasteiger partial charge in [-0.3, -0.25) is 4.79 Å². The van der Waals surface area contributed by atoms with E-state index in [4.69, 9.17) is 9.97 Å². The van der Waals surface area contributed by atoms with E-state index < -0.39 is 0 Å². The molecule has 0 saturated carbocycles. The Morgan fingerprint density at radius 2 is 1.83 bits per heavy atom. The first kappa shape index (κ1) is 20.1. The molecule has 1 heterocycles. The molecule has 0 aliphatic heterocycles. The lowest BCUT2D eigenvalue weighted by Crippen LogP contribution is -2.20. The Kier molecular flexibility index (Phi) is 6.39. The second-order valence-corrected chi connectivity index (χ2v) is 7.96. The van der Waals surface area contributed by atoms with E-state index in [0.29, 0.717) is 11.4 Å². The van der Waals surface area contributed by atoms with E-state index >= 15 is 0 Å². The highest BCUT2D eigenvalue weighted by molar-refractivity contribution is 7.99. The molecule has 0 bridgehead atoms. The van der Waals surface area contributed by atoms with Crippen molar-refractivity contribution in [3.63, 3.8) is 0 Å². The number of nitrogens with one attached hydrogen (secondary N) is 1. The minimum Gasteiger partial charge on any atom is -0.507 e. The Bertz CT molecular complexity index is 1070. The molecule has 2 N–H and O–H groups in total. The van der Waals surface area contributed by atoms with Gasteiger partial charge in [0.1, 0.15) is 10.8 Å². The van der Waals surface area contributed by atoms with Crippen molar-refractivity contribution in [3.8, 4) is 17.1 Å². The number of aryl methyl sites for hydroxylation is 1. The van der Waals surface area contributed by atoms with Gasteiger partial charge in [-0.2, -0.15) is 5.10 Å². The first-order valence-corrected chi connectivity index (χ1v) is 10.9. The normalized spacial score (nSPS) is 13.2. The molecule has 7 heteroatoms. The van der Waals surface area contributed by atoms with Gasteiger partial charge in [0.05, 0.1) is 12.0 Å². The van der Waals surface area contributed by atoms with Gasteiger partial charge in [0.2, 0.25) is 5.91 Å². The van der Waals surface area contributed by atoms with E-state index in [1.807, 2.05) is 30.3 Å². The first-order chi connectivity index (χ1) is 14.7. The van der Waals surface area contributed by atoms with Gasteiger partial charge in [0, 0.05) is 22.4 Å². The fourth-order valence-corrected chi connectivity index (χ4v) is 4.21. The lowest BCUT2D eigenvalue weighted by molar-refractivity contribution is -0.118. The van der Waals surface area contributed by atoms with Crippen LogP contribution in [0.1, 0.15) is 29.7 Å². The van der Waals surface area contributed by atoms with Crippen LogP contribution in [0.25, 0.3) is 11.4 Å². The Morgan fingerprint density at radius 1 is 1.07 bits per heavy atom. The Balaban J connectivity index is 1.46. The standard InChI is InChI=1S/C23H22N4O2S/c28-20-13-7-4-10-17(20)14-24-27-21(29)15-30-23-18-11-5-6-12-19(18)25-22(26-23)16-8-2-1-3-9-16/h1-4,7-10,13-14,28H,5-6,11-12,15H2,(H,27,29)/b24-14-. The summed E-state index contributed by atoms with van der Waals surface area (Å²) >= 11 is 1.41. The lowest BCUT2D eigenvalue weighted by atomic mass is 9.97. The molecule has 1 aliphatic carbocycles. The van der Waals surface area contributed by atoms with Crippen LogP contribution < -0.4 is 5.43 Å². The summed E-state index contributed by atoms with van der Waals surface area (Å²) in [5.41, 5.74) is 6.29. The van der Waals surface area contributed by atoms with Gasteiger partial charge in [-0.05, 0) is 37.8 Å². The number of carbonyl (C=O) groups excluding carboxylic acids is 1. The van der Waals surface area contributed by atoms with Gasteiger partial charge < -0.3 is 5.11 Å². The summed E-state index contributed by atoms with van der Waals surface area (Å²) in [5.74, 6) is 0.800. The number of hydrazone groups is 1. The van der Waals surface area contributed by atoms with Gasteiger partial charge >= 0.3 is 0 Å². The average Bonchev–Trinajstić information content (AvgIpc) is 2.79. The number of aromatic nitrogens is 2. The number of phenols is 1. The van der Waals surface area contributed by atoms with Crippen LogP contribution in [0, 0.1) is 0 Å². The van der Waals surface area contributed by atoms with Crippen molar-refractivity contribution >= 4 is 23.9 Å². The van der Waals surface area contributed by atoms with Crippen LogP contribution >= 0.6 is 11.8 Å². The number of hydrogen-bond acceptors (Lipinski definition) is 6. The molecular weight excluding hydrogens is 396 g/mol. The summed E-state index contributed by atoms with van der Waals surface area (Å²) in [7, 11) is 0. The quantitative estimate of drug-likeness (QED) is 0.274. The summed E-state index contributed by atoms with van der Waals surface area (Å²) in [6.07, 6.45) is 5.57. The third-order valence-corrected chi connectivity index (χ3v) is 5.86. The predicted octanol–water partition coefficient (Wildman–Crippen LogP) is 3.97. The van der Waals surface area contributed by atoms with E-state index in [1.165, 1.54) is 18.0 Å². The summed E-state index contributed by atoms with van der Waals surface area (Å²) in [6.45, 7) is 0. The highest BCUT2D eigenvalue weighted by atomic mass is 32.2. The zero-order chi connectivity index (χ0) is 20.8. The molecule has 1 amide bonds. The third-order valence-electron chi connectivity index (χ3n) is 4.85. The van der Waals surface area contributed by atoms with E-state index in [1.54, 1.807) is 24.3 Å². The molecule has 1 aliphatic rings. The molecule has 0 fully saturated rings. The van der Waals surface area contributed by atoms with E-state index in [-0.39, 0.29) is 17.4 Å². The SMILES string of the molecule is O=C(CSc1nc(-c2ccccc2)nc2c1CCCC2)N/N=C\c1ccccc1O. The molecule has 3 aromatic rings. The number of thioether (sulfide) groups is 1. The predicted molar refractivity (Wildman–Crippen MR) is 119 cm³/mol. The number of nitrogens with zero attached hydrogens (tertiary/aromatic N) is 3. The van der Waals surface area contributed by atoms with Crippen molar-refractivity contribution < 1.29 is 9.90 Å². The van der Waals surface area contributed by atoms with Gasteiger partial charge in [0.25, 0.3) is 0 Å². The fourth-order valence-electron chi connectivity index (χ4n) is 3.33. The highest BCUT2D eigenvalue weighted by Gasteiger charge is 2.19. The number of para-hydroxylation sites is 1. The van der Waals surface area contributed by atoms with E-state index in [2.05, 4.69) is 10.5 Å². The zero-order valence-corrected chi connectivity index (χ0v) is 17.2. The van der Waals surface area contributed by atoms with Crippen LogP contribution in [0.4, 0.5) is 0 Å². The number of amides is 1. The van der Waals surface area contributed by atoms with Gasteiger partial charge in [0.15, 0.2) is 5.82 Å². The first-order valence-electron chi connectivity index (χ1n) is 9.88. The highest BCUT2D eigenvalue weighted by Crippen LogP contribution is 2.31. The van der Waals surface area contributed by atoms with Crippen molar-refractivity contribution in [2.45, 2.75) is 30.7 Å². The minimum atomic E-state index is -0.226. The Labute approximate surface area is 179 Å².